The summed E-state index contributed by atoms with van der Waals surface area (Å²) in [5.41, 5.74) is 2.68. The van der Waals surface area contributed by atoms with Gasteiger partial charge in [0.25, 0.3) is 0 Å². The Morgan fingerprint density at radius 1 is 1.06 bits per heavy atom. The maximum Gasteiger partial charge on any atom is 0.408 e. The highest BCUT2D eigenvalue weighted by molar-refractivity contribution is 6.01. The number of benzene rings is 2. The predicted molar refractivity (Wildman–Crippen MR) is 136 cm³/mol. The van der Waals surface area contributed by atoms with E-state index in [4.69, 9.17) is 13.9 Å². The molecule has 0 aliphatic heterocycles. The number of para-hydroxylation sites is 1. The number of fused-ring (bicyclic) bond motifs is 1. The highest BCUT2D eigenvalue weighted by Gasteiger charge is 2.30. The average molecular weight is 490 g/mol. The molecule has 0 fully saturated rings. The number of alkyl carbamates (subject to hydrolysis) is 1. The van der Waals surface area contributed by atoms with Crippen molar-refractivity contribution < 1.29 is 23.5 Å². The first kappa shape index (κ1) is 25.0. The Bertz CT molecular complexity index is 1340. The lowest BCUT2D eigenvalue weighted by molar-refractivity contribution is 0.0520. The highest BCUT2D eigenvalue weighted by atomic mass is 16.5. The van der Waals surface area contributed by atoms with E-state index in [1.807, 2.05) is 86.3 Å². The zero-order valence-electron chi connectivity index (χ0n) is 21.0. The summed E-state index contributed by atoms with van der Waals surface area (Å²) in [4.78, 5) is 30.0. The summed E-state index contributed by atoms with van der Waals surface area (Å²) in [5, 5.41) is 3.79. The Balaban J connectivity index is 1.67. The number of rotatable bonds is 9. The number of aryl methyl sites for hydroxylation is 1. The number of hydrogen-bond donors (Lipinski definition) is 1. The van der Waals surface area contributed by atoms with Crippen LogP contribution in [0.15, 0.2) is 65.2 Å². The van der Waals surface area contributed by atoms with Crippen molar-refractivity contribution in [3.8, 4) is 11.3 Å². The molecule has 1 N–H and O–H groups in total. The molecule has 4 aromatic rings. The molecular formula is C28H31N3O5. The molecule has 0 unspecified atom stereocenters. The molecular weight excluding hydrogens is 458 g/mol. The van der Waals surface area contributed by atoms with Crippen molar-refractivity contribution in [2.45, 2.75) is 39.8 Å². The van der Waals surface area contributed by atoms with Gasteiger partial charge in [-0.1, -0.05) is 62.4 Å². The second-order valence-electron chi connectivity index (χ2n) is 9.01. The molecule has 0 spiro atoms. The van der Waals surface area contributed by atoms with Crippen LogP contribution in [-0.4, -0.2) is 28.2 Å². The van der Waals surface area contributed by atoms with Gasteiger partial charge in [0.15, 0.2) is 11.5 Å². The van der Waals surface area contributed by atoms with Crippen LogP contribution in [0.4, 0.5) is 4.79 Å². The van der Waals surface area contributed by atoms with E-state index in [1.54, 1.807) is 6.92 Å². The number of ether oxygens (including phenoxy) is 2. The van der Waals surface area contributed by atoms with Crippen LogP contribution in [0.3, 0.4) is 0 Å². The maximum absolute atomic E-state index is 12.9. The number of carbonyl (C=O) groups is 2. The molecule has 0 saturated heterocycles. The van der Waals surface area contributed by atoms with E-state index in [0.717, 1.165) is 22.0 Å². The van der Waals surface area contributed by atoms with Crippen molar-refractivity contribution in [3.05, 3.63) is 77.9 Å². The predicted octanol–water partition coefficient (Wildman–Crippen LogP) is 6.02. The molecule has 2 heterocycles. The molecule has 2 aromatic heterocycles. The normalized spacial score (nSPS) is 12.0. The van der Waals surface area contributed by atoms with Gasteiger partial charge >= 0.3 is 12.1 Å². The number of esters is 1. The quantitative estimate of drug-likeness (QED) is 0.289. The van der Waals surface area contributed by atoms with Crippen LogP contribution in [0.5, 0.6) is 0 Å². The number of hydrogen-bond acceptors (Lipinski definition) is 6. The highest BCUT2D eigenvalue weighted by Crippen LogP contribution is 2.35. The number of amides is 1. The Kier molecular flexibility index (Phi) is 7.73. The second-order valence-corrected chi connectivity index (χ2v) is 9.01. The van der Waals surface area contributed by atoms with Crippen LogP contribution in [0, 0.1) is 5.92 Å². The second kappa shape index (κ2) is 11.1. The largest absolute Gasteiger partial charge is 0.461 e. The standard InChI is InChI=1S/C28H31N3O5/c1-5-34-27(32)24-25(21-16-31(4)23-14-10-9-13-20(21)23)36-26(30-24)22(15-18(2)3)29-28(33)35-17-19-11-7-6-8-12-19/h6-14,16,18,22H,5,15,17H2,1-4H3,(H,29,33)/t22-/m0/s1. The monoisotopic (exact) mass is 489 g/mol. The Morgan fingerprint density at radius 2 is 1.78 bits per heavy atom. The minimum Gasteiger partial charge on any atom is -0.461 e. The number of carbonyl (C=O) groups excluding carboxylic acids is 2. The van der Waals surface area contributed by atoms with Gasteiger partial charge in [-0.05, 0) is 30.9 Å². The summed E-state index contributed by atoms with van der Waals surface area (Å²) < 4.78 is 18.9. The Labute approximate surface area is 210 Å². The van der Waals surface area contributed by atoms with Crippen molar-refractivity contribution in [2.24, 2.45) is 13.0 Å². The van der Waals surface area contributed by atoms with Crippen molar-refractivity contribution >= 4 is 23.0 Å². The Hall–Kier alpha value is -4.07. The third kappa shape index (κ3) is 5.59. The molecule has 0 saturated carbocycles. The fraction of sp³-hybridized carbons (Fsp3) is 0.321. The topological polar surface area (TPSA) is 95.6 Å². The van der Waals surface area contributed by atoms with Gasteiger partial charge in [0.2, 0.25) is 5.89 Å². The molecule has 1 amide bonds. The van der Waals surface area contributed by atoms with Gasteiger partial charge in [-0.15, -0.1) is 0 Å². The molecule has 4 rings (SSSR count). The summed E-state index contributed by atoms with van der Waals surface area (Å²) in [5.74, 6) is 0.175. The summed E-state index contributed by atoms with van der Waals surface area (Å²) in [6, 6.07) is 16.7. The fourth-order valence-electron chi connectivity index (χ4n) is 4.13. The molecule has 8 nitrogen and oxygen atoms in total. The van der Waals surface area contributed by atoms with Gasteiger partial charge in [-0.3, -0.25) is 0 Å². The zero-order valence-corrected chi connectivity index (χ0v) is 21.0. The van der Waals surface area contributed by atoms with Crippen molar-refractivity contribution in [1.29, 1.82) is 0 Å². The van der Waals surface area contributed by atoms with Crippen molar-refractivity contribution in [2.75, 3.05) is 6.61 Å². The molecule has 0 aliphatic carbocycles. The summed E-state index contributed by atoms with van der Waals surface area (Å²) in [6.07, 6.45) is 1.85. The minimum absolute atomic E-state index is 0.0800. The van der Waals surface area contributed by atoms with Gasteiger partial charge in [0, 0.05) is 29.7 Å². The minimum atomic E-state index is -0.592. The molecule has 2 aromatic carbocycles. The molecule has 0 radical (unpaired) electrons. The molecule has 36 heavy (non-hydrogen) atoms. The van der Waals surface area contributed by atoms with E-state index in [-0.39, 0.29) is 30.7 Å². The summed E-state index contributed by atoms with van der Waals surface area (Å²) >= 11 is 0. The van der Waals surface area contributed by atoms with Crippen molar-refractivity contribution in [1.82, 2.24) is 14.9 Å². The van der Waals surface area contributed by atoms with Gasteiger partial charge in [0.05, 0.1) is 6.61 Å². The van der Waals surface area contributed by atoms with Gasteiger partial charge in [-0.2, -0.15) is 0 Å². The third-order valence-electron chi connectivity index (χ3n) is 5.76. The van der Waals surface area contributed by atoms with Crippen molar-refractivity contribution in [3.63, 3.8) is 0 Å². The van der Waals surface area contributed by atoms with E-state index in [1.165, 1.54) is 0 Å². The summed E-state index contributed by atoms with van der Waals surface area (Å²) in [7, 11) is 1.93. The lowest BCUT2D eigenvalue weighted by Gasteiger charge is -2.17. The first-order valence-corrected chi connectivity index (χ1v) is 12.1. The van der Waals surface area contributed by atoms with Gasteiger partial charge in [-0.25, -0.2) is 14.6 Å². The van der Waals surface area contributed by atoms with E-state index < -0.39 is 18.1 Å². The smallest absolute Gasteiger partial charge is 0.408 e. The van der Waals surface area contributed by atoms with Crippen LogP contribution >= 0.6 is 0 Å². The van der Waals surface area contributed by atoms with Crippen LogP contribution in [-0.2, 0) is 23.1 Å². The first-order valence-electron chi connectivity index (χ1n) is 12.1. The van der Waals surface area contributed by atoms with Crippen LogP contribution in [0.1, 0.15) is 55.2 Å². The number of oxazole rings is 1. The third-order valence-corrected chi connectivity index (χ3v) is 5.76. The van der Waals surface area contributed by atoms with E-state index >= 15 is 0 Å². The Morgan fingerprint density at radius 3 is 2.50 bits per heavy atom. The lowest BCUT2D eigenvalue weighted by atomic mass is 10.0. The maximum atomic E-state index is 12.9. The zero-order chi connectivity index (χ0) is 25.7. The number of nitrogens with one attached hydrogen (secondary N) is 1. The van der Waals surface area contributed by atoms with Crippen LogP contribution in [0.25, 0.3) is 22.2 Å². The fourth-order valence-corrected chi connectivity index (χ4v) is 4.13. The molecule has 1 atom stereocenters. The molecule has 0 bridgehead atoms. The van der Waals surface area contributed by atoms with E-state index in [9.17, 15) is 9.59 Å². The number of nitrogens with zero attached hydrogens (tertiary/aromatic N) is 2. The van der Waals surface area contributed by atoms with E-state index in [0.29, 0.717) is 12.2 Å². The van der Waals surface area contributed by atoms with E-state index in [2.05, 4.69) is 10.3 Å². The molecule has 0 aliphatic rings. The SMILES string of the molecule is CCOC(=O)c1nc([C@H](CC(C)C)NC(=O)OCc2ccccc2)oc1-c1cn(C)c2ccccc12. The average Bonchev–Trinajstić information content (AvgIpc) is 3.45. The van der Waals surface area contributed by atoms with Gasteiger partial charge in [0.1, 0.15) is 12.6 Å². The molecule has 188 valence electrons. The lowest BCUT2D eigenvalue weighted by Crippen LogP contribution is -2.30. The molecule has 8 heteroatoms. The summed E-state index contributed by atoms with van der Waals surface area (Å²) in [6.45, 7) is 6.15. The van der Waals surface area contributed by atoms with Gasteiger partial charge < -0.3 is 23.8 Å². The van der Waals surface area contributed by atoms with Crippen LogP contribution in [0.2, 0.25) is 0 Å². The first-order chi connectivity index (χ1) is 17.4. The van der Waals surface area contributed by atoms with Crippen LogP contribution < -0.4 is 5.32 Å². The number of aromatic nitrogens is 2.